The molecule has 0 bridgehead atoms. The third-order valence-corrected chi connectivity index (χ3v) is 3.75. The zero-order valence-corrected chi connectivity index (χ0v) is 16.5. The Morgan fingerprint density at radius 2 is 1.83 bits per heavy atom. The fourth-order valence-corrected chi connectivity index (χ4v) is 2.41. The first-order valence-corrected chi connectivity index (χ1v) is 8.95. The summed E-state index contributed by atoms with van der Waals surface area (Å²) < 4.78 is 31.9. The summed E-state index contributed by atoms with van der Waals surface area (Å²) in [6.07, 6.45) is 0.665. The minimum atomic E-state index is -1.06. The maximum absolute atomic E-state index is 13.5. The number of hydrogen-bond donors (Lipinski definition) is 3. The summed E-state index contributed by atoms with van der Waals surface area (Å²) >= 11 is 0. The molecule has 1 atom stereocenters. The Labute approximate surface area is 167 Å². The number of carbonyl (C=O) groups excluding carboxylic acids is 2. The van der Waals surface area contributed by atoms with E-state index in [9.17, 15) is 18.4 Å². The molecule has 0 saturated heterocycles. The van der Waals surface area contributed by atoms with E-state index in [1.165, 1.54) is 12.3 Å². The third-order valence-electron chi connectivity index (χ3n) is 3.75. The van der Waals surface area contributed by atoms with Gasteiger partial charge in [0.15, 0.2) is 11.6 Å². The number of aromatic nitrogens is 1. The average Bonchev–Trinajstić information content (AvgIpc) is 2.62. The van der Waals surface area contributed by atoms with E-state index >= 15 is 0 Å². The fourth-order valence-electron chi connectivity index (χ4n) is 2.41. The van der Waals surface area contributed by atoms with Crippen molar-refractivity contribution < 1.29 is 23.1 Å². The highest BCUT2D eigenvalue weighted by Crippen LogP contribution is 2.12. The predicted molar refractivity (Wildman–Crippen MR) is 104 cm³/mol. The highest BCUT2D eigenvalue weighted by Gasteiger charge is 2.25. The monoisotopic (exact) mass is 406 g/mol. The molecule has 0 aliphatic carbocycles. The largest absolute Gasteiger partial charge is 0.444 e. The average molecular weight is 406 g/mol. The number of nitrogens with two attached hydrogens (primary N) is 1. The number of rotatable bonds is 6. The second kappa shape index (κ2) is 9.31. The molecule has 156 valence electrons. The van der Waals surface area contributed by atoms with Crippen LogP contribution in [0.1, 0.15) is 31.9 Å². The molecule has 1 aromatic heterocycles. The van der Waals surface area contributed by atoms with Crippen molar-refractivity contribution >= 4 is 17.8 Å². The van der Waals surface area contributed by atoms with Gasteiger partial charge in [0.05, 0.1) is 0 Å². The van der Waals surface area contributed by atoms with Crippen molar-refractivity contribution in [2.75, 3.05) is 5.73 Å². The Hall–Kier alpha value is -3.23. The Balaban J connectivity index is 2.11. The first-order valence-electron chi connectivity index (χ1n) is 8.95. The molecule has 4 N–H and O–H groups in total. The molecule has 0 radical (unpaired) electrons. The zero-order valence-electron chi connectivity index (χ0n) is 16.5. The Morgan fingerprint density at radius 3 is 2.41 bits per heavy atom. The molecule has 0 aliphatic heterocycles. The highest BCUT2D eigenvalue weighted by molar-refractivity contribution is 5.86. The van der Waals surface area contributed by atoms with Crippen molar-refractivity contribution in [2.24, 2.45) is 0 Å². The molecule has 2 aromatic rings. The van der Waals surface area contributed by atoms with Gasteiger partial charge in [-0.25, -0.2) is 18.6 Å². The van der Waals surface area contributed by atoms with Gasteiger partial charge < -0.3 is 21.1 Å². The predicted octanol–water partition coefficient (Wildman–Crippen LogP) is 2.69. The minimum Gasteiger partial charge on any atom is -0.444 e. The molecule has 29 heavy (non-hydrogen) atoms. The Morgan fingerprint density at radius 1 is 1.14 bits per heavy atom. The summed E-state index contributed by atoms with van der Waals surface area (Å²) in [6, 6.07) is 5.53. The van der Waals surface area contributed by atoms with Crippen molar-refractivity contribution in [1.82, 2.24) is 15.6 Å². The van der Waals surface area contributed by atoms with Crippen LogP contribution in [0.2, 0.25) is 0 Å². The van der Waals surface area contributed by atoms with Crippen LogP contribution in [-0.4, -0.2) is 28.6 Å². The molecule has 1 heterocycles. The lowest BCUT2D eigenvalue weighted by molar-refractivity contribution is -0.123. The lowest BCUT2D eigenvalue weighted by Crippen LogP contribution is -2.49. The van der Waals surface area contributed by atoms with Crippen LogP contribution in [0.25, 0.3) is 0 Å². The van der Waals surface area contributed by atoms with E-state index < -0.39 is 35.3 Å². The van der Waals surface area contributed by atoms with Crippen LogP contribution in [-0.2, 0) is 22.5 Å². The van der Waals surface area contributed by atoms with Crippen LogP contribution in [0.4, 0.5) is 19.4 Å². The molecule has 0 aliphatic rings. The van der Waals surface area contributed by atoms with E-state index in [1.807, 2.05) is 0 Å². The molecule has 2 amide bonds. The molecular formula is C20H24F2N4O3. The molecular weight excluding hydrogens is 382 g/mol. The summed E-state index contributed by atoms with van der Waals surface area (Å²) in [5.41, 5.74) is 5.81. The van der Waals surface area contributed by atoms with Crippen LogP contribution in [0, 0.1) is 11.6 Å². The van der Waals surface area contributed by atoms with Gasteiger partial charge in [0.1, 0.15) is 17.5 Å². The van der Waals surface area contributed by atoms with Crippen molar-refractivity contribution in [3.63, 3.8) is 0 Å². The number of amides is 2. The molecule has 0 unspecified atom stereocenters. The van der Waals surface area contributed by atoms with E-state index in [0.717, 1.165) is 12.1 Å². The zero-order chi connectivity index (χ0) is 21.6. The highest BCUT2D eigenvalue weighted by atomic mass is 19.2. The lowest BCUT2D eigenvalue weighted by atomic mass is 10.0. The van der Waals surface area contributed by atoms with E-state index in [1.54, 1.807) is 32.9 Å². The number of pyridine rings is 1. The number of nitrogens with one attached hydrogen (secondary N) is 2. The quantitative estimate of drug-likeness (QED) is 0.684. The minimum absolute atomic E-state index is 0.0533. The smallest absolute Gasteiger partial charge is 0.408 e. The normalized spacial score (nSPS) is 12.2. The SMILES string of the molecule is CC(C)(C)OC(=O)N[C@@H](Cc1ccc(F)c(F)c1)C(=O)NCc1ccc(N)nc1. The van der Waals surface area contributed by atoms with Gasteiger partial charge >= 0.3 is 6.09 Å². The first kappa shape index (κ1) is 22.1. The van der Waals surface area contributed by atoms with Crippen LogP contribution in [0.5, 0.6) is 0 Å². The topological polar surface area (TPSA) is 106 Å². The maximum atomic E-state index is 13.5. The second-order valence-electron chi connectivity index (χ2n) is 7.46. The molecule has 0 fully saturated rings. The number of carbonyl (C=O) groups is 2. The first-order chi connectivity index (χ1) is 13.5. The molecule has 1 aromatic carbocycles. The van der Waals surface area contributed by atoms with Gasteiger partial charge in [0.2, 0.25) is 5.91 Å². The van der Waals surface area contributed by atoms with Gasteiger partial charge in [-0.2, -0.15) is 0 Å². The van der Waals surface area contributed by atoms with Crippen LogP contribution in [0.15, 0.2) is 36.5 Å². The number of ether oxygens (including phenoxy) is 1. The van der Waals surface area contributed by atoms with Gasteiger partial charge in [-0.1, -0.05) is 12.1 Å². The summed E-state index contributed by atoms with van der Waals surface area (Å²) in [5, 5.41) is 5.15. The molecule has 0 saturated carbocycles. The van der Waals surface area contributed by atoms with Gasteiger partial charge in [0, 0.05) is 19.2 Å². The number of nitrogens with zero attached hydrogens (tertiary/aromatic N) is 1. The van der Waals surface area contributed by atoms with E-state index in [0.29, 0.717) is 16.9 Å². The number of hydrogen-bond acceptors (Lipinski definition) is 5. The lowest BCUT2D eigenvalue weighted by Gasteiger charge is -2.23. The van der Waals surface area contributed by atoms with Gasteiger partial charge in [-0.3, -0.25) is 4.79 Å². The van der Waals surface area contributed by atoms with Gasteiger partial charge in [-0.15, -0.1) is 0 Å². The van der Waals surface area contributed by atoms with Crippen molar-refractivity contribution in [1.29, 1.82) is 0 Å². The third kappa shape index (κ3) is 7.36. The fraction of sp³-hybridized carbons (Fsp3) is 0.350. The molecule has 2 rings (SSSR count). The summed E-state index contributed by atoms with van der Waals surface area (Å²) in [4.78, 5) is 28.7. The Kier molecular flexibility index (Phi) is 7.08. The molecule has 7 nitrogen and oxygen atoms in total. The molecule has 9 heteroatoms. The Bertz CT molecular complexity index is 867. The van der Waals surface area contributed by atoms with Crippen LogP contribution in [0.3, 0.4) is 0 Å². The molecule has 0 spiro atoms. The van der Waals surface area contributed by atoms with Gasteiger partial charge in [0.25, 0.3) is 0 Å². The number of anilines is 1. The number of halogens is 2. The summed E-state index contributed by atoms with van der Waals surface area (Å²) in [7, 11) is 0. The van der Waals surface area contributed by atoms with Crippen molar-refractivity contribution in [2.45, 2.75) is 45.4 Å². The summed E-state index contributed by atoms with van der Waals surface area (Å²) in [6.45, 7) is 5.21. The standard InChI is InChI=1S/C20H24F2N4O3/c1-20(2,3)29-19(28)26-16(9-12-4-6-14(21)15(22)8-12)18(27)25-11-13-5-7-17(23)24-10-13/h4-8,10,16H,9,11H2,1-3H3,(H2,23,24)(H,25,27)(H,26,28)/t16-/m0/s1. The second-order valence-corrected chi connectivity index (χ2v) is 7.46. The van der Waals surface area contributed by atoms with Crippen LogP contribution < -0.4 is 16.4 Å². The van der Waals surface area contributed by atoms with Crippen LogP contribution >= 0.6 is 0 Å². The number of alkyl carbamates (subject to hydrolysis) is 1. The van der Waals surface area contributed by atoms with Gasteiger partial charge in [-0.05, 0) is 50.1 Å². The summed E-state index contributed by atoms with van der Waals surface area (Å²) in [5.74, 6) is -2.20. The van der Waals surface area contributed by atoms with E-state index in [4.69, 9.17) is 10.5 Å². The number of benzene rings is 1. The van der Waals surface area contributed by atoms with Crippen molar-refractivity contribution in [3.05, 3.63) is 59.3 Å². The van der Waals surface area contributed by atoms with Crippen molar-refractivity contribution in [3.8, 4) is 0 Å². The van der Waals surface area contributed by atoms with E-state index in [-0.39, 0.29) is 13.0 Å². The van der Waals surface area contributed by atoms with E-state index in [2.05, 4.69) is 15.6 Å². The maximum Gasteiger partial charge on any atom is 0.408 e. The number of nitrogen functional groups attached to an aromatic ring is 1.